The Hall–Kier alpha value is -1.92. The molecule has 1 atom stereocenters. The number of aryl methyl sites for hydroxylation is 1. The van der Waals surface area contributed by atoms with Crippen molar-refractivity contribution < 1.29 is 19.2 Å². The number of amides is 1. The summed E-state index contributed by atoms with van der Waals surface area (Å²) in [6, 6.07) is -0.799. The highest BCUT2D eigenvalue weighted by Gasteiger charge is 2.28. The zero-order valence-electron chi connectivity index (χ0n) is 12.2. The second kappa shape index (κ2) is 7.19. The van der Waals surface area contributed by atoms with E-state index in [1.165, 1.54) is 0 Å². The van der Waals surface area contributed by atoms with E-state index in [2.05, 4.69) is 15.5 Å². The van der Waals surface area contributed by atoms with Crippen LogP contribution in [0.4, 0.5) is 0 Å². The second-order valence-electron chi connectivity index (χ2n) is 5.42. The molecular weight excluding hydrogens is 274 g/mol. The summed E-state index contributed by atoms with van der Waals surface area (Å²) in [5.74, 6) is 0.529. The van der Waals surface area contributed by atoms with Gasteiger partial charge in [0, 0.05) is 18.8 Å². The average Bonchev–Trinajstić information content (AvgIpc) is 3.18. The maximum atomic E-state index is 11.7. The Balaban J connectivity index is 1.69. The minimum atomic E-state index is -0.990. The van der Waals surface area contributed by atoms with E-state index in [1.807, 2.05) is 6.92 Å². The van der Waals surface area contributed by atoms with Gasteiger partial charge in [-0.15, -0.1) is 0 Å². The van der Waals surface area contributed by atoms with E-state index in [0.29, 0.717) is 37.5 Å². The summed E-state index contributed by atoms with van der Waals surface area (Å²) < 4.78 is 5.12. The molecule has 21 heavy (non-hydrogen) atoms. The highest BCUT2D eigenvalue weighted by molar-refractivity contribution is 5.83. The lowest BCUT2D eigenvalue weighted by atomic mass is 10.1. The van der Waals surface area contributed by atoms with Crippen LogP contribution in [0.25, 0.3) is 0 Å². The Labute approximate surface area is 123 Å². The van der Waals surface area contributed by atoms with Crippen LogP contribution in [0.1, 0.15) is 63.1 Å². The van der Waals surface area contributed by atoms with Gasteiger partial charge < -0.3 is 14.9 Å². The Bertz CT molecular complexity index is 496. The standard InChI is InChI=1S/C14H21N3O4/c1-2-4-10(14(19)20)15-11(18)5-3-6-12-16-13(17-21-12)9-7-8-9/h9-10H,2-8H2,1H3,(H,15,18)(H,19,20). The Morgan fingerprint density at radius 3 is 2.86 bits per heavy atom. The van der Waals surface area contributed by atoms with Crippen molar-refractivity contribution in [1.29, 1.82) is 0 Å². The number of hydrogen-bond acceptors (Lipinski definition) is 5. The summed E-state index contributed by atoms with van der Waals surface area (Å²) in [6.45, 7) is 1.88. The minimum absolute atomic E-state index is 0.252. The van der Waals surface area contributed by atoms with Crippen LogP contribution in [0.2, 0.25) is 0 Å². The first-order valence-electron chi connectivity index (χ1n) is 7.44. The molecule has 1 unspecified atom stereocenters. The topological polar surface area (TPSA) is 105 Å². The largest absolute Gasteiger partial charge is 0.480 e. The first kappa shape index (κ1) is 15.5. The molecule has 0 bridgehead atoms. The van der Waals surface area contributed by atoms with Crippen molar-refractivity contribution in [3.63, 3.8) is 0 Å². The van der Waals surface area contributed by atoms with Gasteiger partial charge in [-0.3, -0.25) is 4.79 Å². The molecule has 1 heterocycles. The minimum Gasteiger partial charge on any atom is -0.480 e. The van der Waals surface area contributed by atoms with Crippen LogP contribution in [0.5, 0.6) is 0 Å². The molecular formula is C14H21N3O4. The zero-order chi connectivity index (χ0) is 15.2. The van der Waals surface area contributed by atoms with Crippen molar-refractivity contribution in [3.8, 4) is 0 Å². The normalized spacial score (nSPS) is 15.7. The molecule has 1 amide bonds. The lowest BCUT2D eigenvalue weighted by Gasteiger charge is -2.13. The fraction of sp³-hybridized carbons (Fsp3) is 0.714. The van der Waals surface area contributed by atoms with Gasteiger partial charge in [0.2, 0.25) is 11.8 Å². The molecule has 0 spiro atoms. The Kier molecular flexibility index (Phi) is 5.30. The lowest BCUT2D eigenvalue weighted by molar-refractivity contribution is -0.142. The summed E-state index contributed by atoms with van der Waals surface area (Å²) in [5.41, 5.74) is 0. The van der Waals surface area contributed by atoms with Crippen LogP contribution >= 0.6 is 0 Å². The molecule has 0 radical (unpaired) electrons. The van der Waals surface area contributed by atoms with E-state index in [9.17, 15) is 9.59 Å². The average molecular weight is 295 g/mol. The van der Waals surface area contributed by atoms with Crippen molar-refractivity contribution in [3.05, 3.63) is 11.7 Å². The molecule has 1 saturated carbocycles. The van der Waals surface area contributed by atoms with Crippen LogP contribution in [-0.4, -0.2) is 33.2 Å². The number of carboxylic acids is 1. The van der Waals surface area contributed by atoms with Gasteiger partial charge in [0.05, 0.1) is 0 Å². The van der Waals surface area contributed by atoms with Crippen LogP contribution in [0.15, 0.2) is 4.52 Å². The van der Waals surface area contributed by atoms with Gasteiger partial charge in [0.15, 0.2) is 5.82 Å². The summed E-state index contributed by atoms with van der Waals surface area (Å²) in [7, 11) is 0. The predicted octanol–water partition coefficient (Wildman–Crippen LogP) is 1.64. The molecule has 1 aromatic rings. The summed E-state index contributed by atoms with van der Waals surface area (Å²) in [6.07, 6.45) is 4.76. The molecule has 1 aromatic heterocycles. The van der Waals surface area contributed by atoms with Gasteiger partial charge in [-0.05, 0) is 25.7 Å². The molecule has 2 rings (SSSR count). The maximum Gasteiger partial charge on any atom is 0.326 e. The fourth-order valence-electron chi connectivity index (χ4n) is 2.09. The number of aliphatic carboxylic acids is 1. The molecule has 0 aromatic carbocycles. The van der Waals surface area contributed by atoms with Crippen molar-refractivity contribution in [2.24, 2.45) is 0 Å². The molecule has 1 aliphatic carbocycles. The number of carboxylic acid groups (broad SMARTS) is 1. The van der Waals surface area contributed by atoms with Gasteiger partial charge in [-0.2, -0.15) is 4.98 Å². The molecule has 0 saturated heterocycles. The summed E-state index contributed by atoms with van der Waals surface area (Å²) >= 11 is 0. The molecule has 0 aliphatic heterocycles. The van der Waals surface area contributed by atoms with Gasteiger partial charge in [-0.1, -0.05) is 18.5 Å². The fourth-order valence-corrected chi connectivity index (χ4v) is 2.09. The number of hydrogen-bond donors (Lipinski definition) is 2. The third kappa shape index (κ3) is 4.84. The zero-order valence-corrected chi connectivity index (χ0v) is 12.2. The SMILES string of the molecule is CCCC(NC(=O)CCCc1nc(C2CC2)no1)C(=O)O. The number of nitrogens with zero attached hydrogens (tertiary/aromatic N) is 2. The predicted molar refractivity (Wildman–Crippen MR) is 73.7 cm³/mol. The van der Waals surface area contributed by atoms with Crippen molar-refractivity contribution in [1.82, 2.24) is 15.5 Å². The van der Waals surface area contributed by atoms with Crippen LogP contribution in [0, 0.1) is 0 Å². The first-order chi connectivity index (χ1) is 10.1. The summed E-state index contributed by atoms with van der Waals surface area (Å²) in [5, 5.41) is 15.4. The van der Waals surface area contributed by atoms with E-state index < -0.39 is 12.0 Å². The number of rotatable bonds is 9. The number of aromatic nitrogens is 2. The quantitative estimate of drug-likeness (QED) is 0.717. The number of carbonyl (C=O) groups is 2. The Morgan fingerprint density at radius 1 is 1.48 bits per heavy atom. The molecule has 116 valence electrons. The van der Waals surface area contributed by atoms with Gasteiger partial charge in [-0.25, -0.2) is 4.79 Å². The van der Waals surface area contributed by atoms with E-state index in [1.54, 1.807) is 0 Å². The third-order valence-corrected chi connectivity index (χ3v) is 3.43. The second-order valence-corrected chi connectivity index (χ2v) is 5.42. The van der Waals surface area contributed by atoms with Gasteiger partial charge in [0.1, 0.15) is 6.04 Å². The third-order valence-electron chi connectivity index (χ3n) is 3.43. The molecule has 7 heteroatoms. The van der Waals surface area contributed by atoms with E-state index >= 15 is 0 Å². The van der Waals surface area contributed by atoms with Crippen LogP contribution in [-0.2, 0) is 16.0 Å². The van der Waals surface area contributed by atoms with E-state index in [0.717, 1.165) is 18.7 Å². The summed E-state index contributed by atoms with van der Waals surface area (Å²) in [4.78, 5) is 26.9. The van der Waals surface area contributed by atoms with Crippen molar-refractivity contribution in [2.75, 3.05) is 0 Å². The van der Waals surface area contributed by atoms with E-state index in [4.69, 9.17) is 9.63 Å². The van der Waals surface area contributed by atoms with Crippen molar-refractivity contribution in [2.45, 2.75) is 63.8 Å². The molecule has 7 nitrogen and oxygen atoms in total. The van der Waals surface area contributed by atoms with Crippen LogP contribution in [0.3, 0.4) is 0 Å². The smallest absolute Gasteiger partial charge is 0.326 e. The molecule has 1 fully saturated rings. The molecule has 1 aliphatic rings. The molecule has 2 N–H and O–H groups in total. The van der Waals surface area contributed by atoms with Crippen molar-refractivity contribution >= 4 is 11.9 Å². The van der Waals surface area contributed by atoms with Gasteiger partial charge >= 0.3 is 5.97 Å². The number of nitrogens with one attached hydrogen (secondary N) is 1. The highest BCUT2D eigenvalue weighted by Crippen LogP contribution is 2.38. The maximum absolute atomic E-state index is 11.7. The highest BCUT2D eigenvalue weighted by atomic mass is 16.5. The Morgan fingerprint density at radius 2 is 2.24 bits per heavy atom. The van der Waals surface area contributed by atoms with Gasteiger partial charge in [0.25, 0.3) is 0 Å². The monoisotopic (exact) mass is 295 g/mol. The lowest BCUT2D eigenvalue weighted by Crippen LogP contribution is -2.40. The number of carbonyl (C=O) groups excluding carboxylic acids is 1. The van der Waals surface area contributed by atoms with E-state index in [-0.39, 0.29) is 12.3 Å². The van der Waals surface area contributed by atoms with Crippen LogP contribution < -0.4 is 5.32 Å². The first-order valence-corrected chi connectivity index (χ1v) is 7.44.